The first-order chi connectivity index (χ1) is 8.88. The molecule has 3 aromatic rings. The van der Waals surface area contributed by atoms with Crippen molar-refractivity contribution in [3.63, 3.8) is 0 Å². The van der Waals surface area contributed by atoms with Gasteiger partial charge in [0, 0.05) is 11.1 Å². The van der Waals surface area contributed by atoms with Gasteiger partial charge >= 0.3 is 0 Å². The van der Waals surface area contributed by atoms with Gasteiger partial charge in [0.1, 0.15) is 0 Å². The number of nitrogens with zero attached hydrogens (tertiary/aromatic N) is 1. The van der Waals surface area contributed by atoms with E-state index in [4.69, 9.17) is 0 Å². The third kappa shape index (κ3) is 1.88. The quantitative estimate of drug-likeness (QED) is 0.636. The van der Waals surface area contributed by atoms with Gasteiger partial charge in [0.15, 0.2) is 0 Å². The Bertz CT molecular complexity index is 672. The zero-order valence-corrected chi connectivity index (χ0v) is 10.4. The number of benzene rings is 2. The van der Waals surface area contributed by atoms with E-state index in [1.807, 2.05) is 12.1 Å². The molecule has 0 aliphatic rings. The predicted octanol–water partition coefficient (Wildman–Crippen LogP) is 4.46. The van der Waals surface area contributed by atoms with Gasteiger partial charge < -0.3 is 0 Å². The molecule has 88 valence electrons. The number of pyridine rings is 1. The van der Waals surface area contributed by atoms with Crippen molar-refractivity contribution >= 4 is 10.9 Å². The summed E-state index contributed by atoms with van der Waals surface area (Å²) in [4.78, 5) is 4.68. The molecular formula is C17H15N. The summed E-state index contributed by atoms with van der Waals surface area (Å²) in [6.07, 6.45) is 0.963. The van der Waals surface area contributed by atoms with E-state index in [2.05, 4.69) is 60.4 Å². The van der Waals surface area contributed by atoms with E-state index < -0.39 is 0 Å². The summed E-state index contributed by atoms with van der Waals surface area (Å²) in [5, 5.41) is 1.22. The van der Waals surface area contributed by atoms with Crippen molar-refractivity contribution in [3.8, 4) is 11.1 Å². The number of hydrogen-bond donors (Lipinski definition) is 0. The normalized spacial score (nSPS) is 10.7. The minimum atomic E-state index is 0.963. The van der Waals surface area contributed by atoms with E-state index in [-0.39, 0.29) is 0 Å². The number of aryl methyl sites for hydroxylation is 1. The first-order valence-corrected chi connectivity index (χ1v) is 6.32. The number of hydrogen-bond acceptors (Lipinski definition) is 1. The second-order valence-corrected chi connectivity index (χ2v) is 4.40. The zero-order chi connectivity index (χ0) is 12.4. The number of aromatic nitrogens is 1. The minimum Gasteiger partial charge on any atom is -0.253 e. The van der Waals surface area contributed by atoms with E-state index in [0.717, 1.165) is 17.6 Å². The molecule has 0 saturated carbocycles. The van der Waals surface area contributed by atoms with E-state index in [0.29, 0.717) is 0 Å². The van der Waals surface area contributed by atoms with Crippen LogP contribution < -0.4 is 0 Å². The molecule has 0 spiro atoms. The van der Waals surface area contributed by atoms with Crippen LogP contribution in [0.3, 0.4) is 0 Å². The van der Waals surface area contributed by atoms with E-state index in [1.54, 1.807) is 0 Å². The van der Waals surface area contributed by atoms with Gasteiger partial charge in [-0.25, -0.2) is 0 Å². The Hall–Kier alpha value is -2.15. The topological polar surface area (TPSA) is 12.9 Å². The van der Waals surface area contributed by atoms with Crippen molar-refractivity contribution in [2.24, 2.45) is 0 Å². The van der Waals surface area contributed by atoms with Crippen LogP contribution in [0.25, 0.3) is 22.0 Å². The standard InChI is InChI=1S/C17H15N/c1-2-14-12-16(13-8-4-3-5-9-13)15-10-6-7-11-17(15)18-14/h3-12H,2H2,1H3. The Kier molecular flexibility index (Phi) is 2.81. The number of para-hydroxylation sites is 1. The molecule has 0 radical (unpaired) electrons. The van der Waals surface area contributed by atoms with Crippen molar-refractivity contribution in [1.29, 1.82) is 0 Å². The van der Waals surface area contributed by atoms with Crippen molar-refractivity contribution in [2.45, 2.75) is 13.3 Å². The summed E-state index contributed by atoms with van der Waals surface area (Å²) >= 11 is 0. The fourth-order valence-electron chi connectivity index (χ4n) is 2.27. The fourth-order valence-corrected chi connectivity index (χ4v) is 2.27. The van der Waals surface area contributed by atoms with Gasteiger partial charge in [-0.15, -0.1) is 0 Å². The third-order valence-electron chi connectivity index (χ3n) is 3.22. The molecule has 0 unspecified atom stereocenters. The Labute approximate surface area is 107 Å². The minimum absolute atomic E-state index is 0.963. The maximum atomic E-state index is 4.68. The van der Waals surface area contributed by atoms with Gasteiger partial charge in [-0.05, 0) is 29.7 Å². The molecule has 18 heavy (non-hydrogen) atoms. The lowest BCUT2D eigenvalue weighted by atomic mass is 10.00. The van der Waals surface area contributed by atoms with Crippen molar-refractivity contribution in [3.05, 3.63) is 66.4 Å². The molecule has 0 aliphatic carbocycles. The predicted molar refractivity (Wildman–Crippen MR) is 76.6 cm³/mol. The highest BCUT2D eigenvalue weighted by molar-refractivity contribution is 5.94. The van der Waals surface area contributed by atoms with Gasteiger partial charge in [-0.3, -0.25) is 4.98 Å². The largest absolute Gasteiger partial charge is 0.253 e. The summed E-state index contributed by atoms with van der Waals surface area (Å²) in [6, 6.07) is 21.1. The lowest BCUT2D eigenvalue weighted by Gasteiger charge is -2.08. The van der Waals surface area contributed by atoms with Crippen LogP contribution in [-0.4, -0.2) is 4.98 Å². The summed E-state index contributed by atoms with van der Waals surface area (Å²) in [6.45, 7) is 2.14. The molecule has 0 atom stereocenters. The molecule has 2 aromatic carbocycles. The first kappa shape index (κ1) is 11.0. The lowest BCUT2D eigenvalue weighted by molar-refractivity contribution is 1.06. The Balaban J connectivity index is 2.33. The summed E-state index contributed by atoms with van der Waals surface area (Å²) < 4.78 is 0. The van der Waals surface area contributed by atoms with E-state index >= 15 is 0 Å². The molecule has 0 amide bonds. The van der Waals surface area contributed by atoms with E-state index in [1.165, 1.54) is 16.5 Å². The Morgan fingerprint density at radius 1 is 0.889 bits per heavy atom. The van der Waals surface area contributed by atoms with Gasteiger partial charge in [-0.1, -0.05) is 55.5 Å². The smallest absolute Gasteiger partial charge is 0.0711 e. The van der Waals surface area contributed by atoms with Crippen LogP contribution in [0.1, 0.15) is 12.6 Å². The van der Waals surface area contributed by atoms with Crippen LogP contribution in [0.15, 0.2) is 60.7 Å². The molecule has 0 bridgehead atoms. The summed E-state index contributed by atoms with van der Waals surface area (Å²) in [7, 11) is 0. The average molecular weight is 233 g/mol. The SMILES string of the molecule is CCc1cc(-c2ccccc2)c2ccccc2n1. The highest BCUT2D eigenvalue weighted by atomic mass is 14.7. The maximum absolute atomic E-state index is 4.68. The molecule has 0 fully saturated rings. The maximum Gasteiger partial charge on any atom is 0.0711 e. The zero-order valence-electron chi connectivity index (χ0n) is 10.4. The summed E-state index contributed by atoms with van der Waals surface area (Å²) in [5.41, 5.74) is 4.76. The van der Waals surface area contributed by atoms with Gasteiger partial charge in [0.05, 0.1) is 5.52 Å². The second-order valence-electron chi connectivity index (χ2n) is 4.40. The molecule has 1 nitrogen and oxygen atoms in total. The molecular weight excluding hydrogens is 218 g/mol. The highest BCUT2D eigenvalue weighted by Crippen LogP contribution is 2.28. The van der Waals surface area contributed by atoms with Crippen molar-refractivity contribution in [1.82, 2.24) is 4.98 Å². The Morgan fingerprint density at radius 2 is 1.61 bits per heavy atom. The fraction of sp³-hybridized carbons (Fsp3) is 0.118. The lowest BCUT2D eigenvalue weighted by Crippen LogP contribution is -1.91. The van der Waals surface area contributed by atoms with Gasteiger partial charge in [0.25, 0.3) is 0 Å². The average Bonchev–Trinajstić information content (AvgIpc) is 2.47. The van der Waals surface area contributed by atoms with Crippen LogP contribution in [0.2, 0.25) is 0 Å². The van der Waals surface area contributed by atoms with Gasteiger partial charge in [-0.2, -0.15) is 0 Å². The molecule has 0 saturated heterocycles. The molecule has 1 heteroatoms. The van der Waals surface area contributed by atoms with Crippen LogP contribution in [-0.2, 0) is 6.42 Å². The number of rotatable bonds is 2. The van der Waals surface area contributed by atoms with Crippen LogP contribution in [0.4, 0.5) is 0 Å². The first-order valence-electron chi connectivity index (χ1n) is 6.32. The second kappa shape index (κ2) is 4.61. The van der Waals surface area contributed by atoms with Gasteiger partial charge in [0.2, 0.25) is 0 Å². The molecule has 0 aliphatic heterocycles. The highest BCUT2D eigenvalue weighted by Gasteiger charge is 2.06. The van der Waals surface area contributed by atoms with Crippen molar-refractivity contribution < 1.29 is 0 Å². The molecule has 1 heterocycles. The summed E-state index contributed by atoms with van der Waals surface area (Å²) in [5.74, 6) is 0. The third-order valence-corrected chi connectivity index (χ3v) is 3.22. The molecule has 1 aromatic heterocycles. The van der Waals surface area contributed by atoms with Crippen LogP contribution >= 0.6 is 0 Å². The molecule has 3 rings (SSSR count). The number of fused-ring (bicyclic) bond motifs is 1. The van der Waals surface area contributed by atoms with Crippen LogP contribution in [0.5, 0.6) is 0 Å². The molecule has 0 N–H and O–H groups in total. The van der Waals surface area contributed by atoms with Crippen LogP contribution in [0, 0.1) is 0 Å². The monoisotopic (exact) mass is 233 g/mol. The van der Waals surface area contributed by atoms with E-state index in [9.17, 15) is 0 Å². The Morgan fingerprint density at radius 3 is 2.39 bits per heavy atom. The van der Waals surface area contributed by atoms with Crippen molar-refractivity contribution in [2.75, 3.05) is 0 Å².